The third kappa shape index (κ3) is 3.07. The highest BCUT2D eigenvalue weighted by Crippen LogP contribution is 2.30. The summed E-state index contributed by atoms with van der Waals surface area (Å²) >= 11 is 7.26. The van der Waals surface area contributed by atoms with Crippen LogP contribution >= 0.6 is 22.9 Å². The fourth-order valence-electron chi connectivity index (χ4n) is 1.72. The first-order chi connectivity index (χ1) is 10.6. The Morgan fingerprint density at radius 3 is 3.00 bits per heavy atom. The van der Waals surface area contributed by atoms with Gasteiger partial charge in [0.1, 0.15) is 0 Å². The molecule has 0 aliphatic carbocycles. The number of ether oxygens (including phenoxy) is 1. The van der Waals surface area contributed by atoms with Crippen molar-refractivity contribution in [2.45, 2.75) is 6.61 Å². The van der Waals surface area contributed by atoms with E-state index in [1.807, 2.05) is 16.8 Å². The third-order valence-electron chi connectivity index (χ3n) is 2.72. The molecule has 0 bridgehead atoms. The predicted octanol–water partition coefficient (Wildman–Crippen LogP) is 3.94. The summed E-state index contributed by atoms with van der Waals surface area (Å²) in [6.07, 6.45) is 0. The van der Waals surface area contributed by atoms with Gasteiger partial charge in [-0.1, -0.05) is 16.8 Å². The average molecular weight is 338 g/mol. The van der Waals surface area contributed by atoms with Crippen molar-refractivity contribution in [3.05, 3.63) is 56.1 Å². The van der Waals surface area contributed by atoms with Gasteiger partial charge in [0.15, 0.2) is 12.4 Å². The molecule has 2 heterocycles. The van der Waals surface area contributed by atoms with Gasteiger partial charge in [-0.15, -0.1) is 0 Å². The normalized spacial score (nSPS) is 10.6. The van der Waals surface area contributed by atoms with Crippen molar-refractivity contribution in [3.63, 3.8) is 0 Å². The molecule has 0 saturated carbocycles. The molecule has 0 spiro atoms. The minimum atomic E-state index is -0.564. The Morgan fingerprint density at radius 2 is 2.27 bits per heavy atom. The van der Waals surface area contributed by atoms with Crippen molar-refractivity contribution < 1.29 is 14.2 Å². The second kappa shape index (κ2) is 6.12. The molecule has 0 aliphatic rings. The van der Waals surface area contributed by atoms with Gasteiger partial charge in [0.25, 0.3) is 5.89 Å². The lowest BCUT2D eigenvalue weighted by Crippen LogP contribution is -1.99. The molecule has 1 aromatic carbocycles. The summed E-state index contributed by atoms with van der Waals surface area (Å²) < 4.78 is 10.4. The number of hydrogen-bond donors (Lipinski definition) is 0. The van der Waals surface area contributed by atoms with Crippen molar-refractivity contribution in [2.75, 3.05) is 0 Å². The summed E-state index contributed by atoms with van der Waals surface area (Å²) in [7, 11) is 0. The van der Waals surface area contributed by atoms with Crippen LogP contribution < -0.4 is 4.74 Å². The van der Waals surface area contributed by atoms with E-state index < -0.39 is 4.92 Å². The number of aromatic nitrogens is 2. The Kier molecular flexibility index (Phi) is 4.03. The molecule has 3 aromatic rings. The molecular weight excluding hydrogens is 330 g/mol. The summed E-state index contributed by atoms with van der Waals surface area (Å²) in [5, 5.41) is 18.8. The van der Waals surface area contributed by atoms with E-state index in [2.05, 4.69) is 10.1 Å². The molecule has 0 amide bonds. The number of nitro benzene ring substituents is 1. The fraction of sp³-hybridized carbons (Fsp3) is 0.0769. The zero-order valence-corrected chi connectivity index (χ0v) is 12.5. The van der Waals surface area contributed by atoms with Crippen LogP contribution in [0.3, 0.4) is 0 Å². The number of nitro groups is 1. The van der Waals surface area contributed by atoms with Gasteiger partial charge in [0.05, 0.1) is 4.92 Å². The first kappa shape index (κ1) is 14.5. The van der Waals surface area contributed by atoms with Gasteiger partial charge >= 0.3 is 5.69 Å². The second-order valence-electron chi connectivity index (χ2n) is 4.18. The zero-order valence-electron chi connectivity index (χ0n) is 10.9. The van der Waals surface area contributed by atoms with E-state index in [0.717, 1.165) is 5.56 Å². The van der Waals surface area contributed by atoms with E-state index in [-0.39, 0.29) is 29.0 Å². The number of benzene rings is 1. The molecule has 2 aromatic heterocycles. The Hall–Kier alpha value is -2.45. The molecule has 0 N–H and O–H groups in total. The number of halogens is 1. The van der Waals surface area contributed by atoms with Crippen molar-refractivity contribution >= 4 is 28.6 Å². The standard InChI is InChI=1S/C13H8ClN3O4S/c14-9-1-2-11(10(5-9)17(18)19)20-6-12-15-13(16-21-12)8-3-4-22-7-8/h1-5,7H,6H2. The van der Waals surface area contributed by atoms with Crippen LogP contribution in [0, 0.1) is 10.1 Å². The quantitative estimate of drug-likeness (QED) is 0.517. The minimum absolute atomic E-state index is 0.0698. The summed E-state index contributed by atoms with van der Waals surface area (Å²) in [4.78, 5) is 14.6. The molecule has 0 radical (unpaired) electrons. The Bertz CT molecular complexity index is 803. The van der Waals surface area contributed by atoms with Crippen LogP contribution in [0.25, 0.3) is 11.4 Å². The van der Waals surface area contributed by atoms with Gasteiger partial charge in [-0.25, -0.2) is 0 Å². The van der Waals surface area contributed by atoms with Crippen LogP contribution in [0.4, 0.5) is 5.69 Å². The molecule has 0 saturated heterocycles. The molecule has 3 rings (SSSR count). The molecule has 0 atom stereocenters. The maximum atomic E-state index is 11.0. The Morgan fingerprint density at radius 1 is 1.41 bits per heavy atom. The van der Waals surface area contributed by atoms with E-state index in [1.54, 1.807) is 0 Å². The Labute approximate surface area is 133 Å². The Balaban J connectivity index is 1.74. The number of thiophene rings is 1. The van der Waals surface area contributed by atoms with Gasteiger partial charge in [-0.3, -0.25) is 10.1 Å². The van der Waals surface area contributed by atoms with Gasteiger partial charge < -0.3 is 9.26 Å². The highest BCUT2D eigenvalue weighted by atomic mass is 35.5. The summed E-state index contributed by atoms with van der Waals surface area (Å²) in [6, 6.07) is 6.02. The van der Waals surface area contributed by atoms with Crippen LogP contribution in [-0.4, -0.2) is 15.1 Å². The van der Waals surface area contributed by atoms with E-state index in [9.17, 15) is 10.1 Å². The van der Waals surface area contributed by atoms with Crippen molar-refractivity contribution in [1.82, 2.24) is 10.1 Å². The largest absolute Gasteiger partial charge is 0.477 e. The van der Waals surface area contributed by atoms with Crippen LogP contribution in [-0.2, 0) is 6.61 Å². The predicted molar refractivity (Wildman–Crippen MR) is 80.0 cm³/mol. The summed E-state index contributed by atoms with van der Waals surface area (Å²) in [5.41, 5.74) is 0.627. The van der Waals surface area contributed by atoms with Gasteiger partial charge in [-0.05, 0) is 23.6 Å². The summed E-state index contributed by atoms with van der Waals surface area (Å²) in [6.45, 7) is -0.0698. The topological polar surface area (TPSA) is 91.3 Å². The first-order valence-corrected chi connectivity index (χ1v) is 7.37. The van der Waals surface area contributed by atoms with Crippen LogP contribution in [0.2, 0.25) is 5.02 Å². The monoisotopic (exact) mass is 337 g/mol. The maximum absolute atomic E-state index is 11.0. The third-order valence-corrected chi connectivity index (χ3v) is 3.63. The molecule has 9 heteroatoms. The minimum Gasteiger partial charge on any atom is -0.477 e. The van der Waals surface area contributed by atoms with Gasteiger partial charge in [-0.2, -0.15) is 16.3 Å². The van der Waals surface area contributed by atoms with E-state index >= 15 is 0 Å². The van der Waals surface area contributed by atoms with Crippen molar-refractivity contribution in [1.29, 1.82) is 0 Å². The fourth-order valence-corrected chi connectivity index (χ4v) is 2.52. The molecule has 7 nitrogen and oxygen atoms in total. The average Bonchev–Trinajstić information content (AvgIpc) is 3.16. The smallest absolute Gasteiger partial charge is 0.312 e. The second-order valence-corrected chi connectivity index (χ2v) is 5.40. The highest BCUT2D eigenvalue weighted by molar-refractivity contribution is 7.08. The van der Waals surface area contributed by atoms with Gasteiger partial charge in [0, 0.05) is 22.0 Å². The molecular formula is C13H8ClN3O4S. The lowest BCUT2D eigenvalue weighted by atomic mass is 10.3. The molecule has 0 fully saturated rings. The van der Waals surface area contributed by atoms with Crippen LogP contribution in [0.15, 0.2) is 39.5 Å². The SMILES string of the molecule is O=[N+]([O-])c1cc(Cl)ccc1OCc1nc(-c2ccsc2)no1. The highest BCUT2D eigenvalue weighted by Gasteiger charge is 2.17. The number of nitrogens with zero attached hydrogens (tertiary/aromatic N) is 3. The van der Waals surface area contributed by atoms with Gasteiger partial charge in [0.2, 0.25) is 5.82 Å². The molecule has 0 unspecified atom stereocenters. The van der Waals surface area contributed by atoms with Crippen molar-refractivity contribution in [2.24, 2.45) is 0 Å². The number of hydrogen-bond acceptors (Lipinski definition) is 7. The van der Waals surface area contributed by atoms with E-state index in [4.69, 9.17) is 20.9 Å². The molecule has 22 heavy (non-hydrogen) atoms. The molecule has 0 aliphatic heterocycles. The van der Waals surface area contributed by atoms with Crippen LogP contribution in [0.1, 0.15) is 5.89 Å². The lowest BCUT2D eigenvalue weighted by Gasteiger charge is -2.04. The summed E-state index contributed by atoms with van der Waals surface area (Å²) in [5.74, 6) is 0.764. The molecule has 112 valence electrons. The zero-order chi connectivity index (χ0) is 15.5. The van der Waals surface area contributed by atoms with Crippen molar-refractivity contribution in [3.8, 4) is 17.1 Å². The van der Waals surface area contributed by atoms with Crippen LogP contribution in [0.5, 0.6) is 5.75 Å². The lowest BCUT2D eigenvalue weighted by molar-refractivity contribution is -0.385. The number of rotatable bonds is 5. The first-order valence-electron chi connectivity index (χ1n) is 6.05. The van der Waals surface area contributed by atoms with E-state index in [1.165, 1.54) is 29.5 Å². The van der Waals surface area contributed by atoms with E-state index in [0.29, 0.717) is 5.82 Å². The maximum Gasteiger partial charge on any atom is 0.312 e.